The molecule has 0 unspecified atom stereocenters. The third-order valence-corrected chi connectivity index (χ3v) is 8.01. The van der Waals surface area contributed by atoms with Crippen molar-refractivity contribution in [1.29, 1.82) is 5.26 Å². The number of amides is 1. The monoisotopic (exact) mass is 522 g/mol. The fourth-order valence-corrected chi connectivity index (χ4v) is 5.86. The van der Waals surface area contributed by atoms with Gasteiger partial charge in [0, 0.05) is 25.2 Å². The van der Waals surface area contributed by atoms with Gasteiger partial charge in [-0.05, 0) is 55.5 Å². The number of unbranched alkanes of at least 4 members (excludes halogenated alkanes) is 1. The SMILES string of the molecule is CCCCn1c(N2CCCC2)c(/C=C2\SC(=S)N(Cc3ccc(OC)cc3)C2=O)c(C)c(C#N)c1=O. The Balaban J connectivity index is 1.77. The van der Waals surface area contributed by atoms with E-state index in [9.17, 15) is 14.9 Å². The van der Waals surface area contributed by atoms with Gasteiger partial charge in [-0.15, -0.1) is 0 Å². The molecule has 2 aliphatic rings. The molecule has 2 aromatic rings. The van der Waals surface area contributed by atoms with Crippen molar-refractivity contribution in [3.8, 4) is 11.8 Å². The van der Waals surface area contributed by atoms with Gasteiger partial charge in [0.2, 0.25) is 0 Å². The van der Waals surface area contributed by atoms with Gasteiger partial charge in [0.1, 0.15) is 27.5 Å². The molecule has 1 aromatic heterocycles. The van der Waals surface area contributed by atoms with Gasteiger partial charge >= 0.3 is 0 Å². The summed E-state index contributed by atoms with van der Waals surface area (Å²) >= 11 is 6.83. The average Bonchev–Trinajstić information content (AvgIpc) is 3.50. The van der Waals surface area contributed by atoms with E-state index in [1.807, 2.05) is 30.3 Å². The third-order valence-electron chi connectivity index (χ3n) is 6.64. The number of benzene rings is 1. The van der Waals surface area contributed by atoms with Crippen molar-refractivity contribution in [2.24, 2.45) is 0 Å². The first-order chi connectivity index (χ1) is 17.4. The normalized spacial score (nSPS) is 16.8. The van der Waals surface area contributed by atoms with Crippen LogP contribution < -0.4 is 15.2 Å². The number of nitrogens with zero attached hydrogens (tertiary/aromatic N) is 4. The number of anilines is 1. The average molecular weight is 523 g/mol. The Morgan fingerprint density at radius 3 is 2.50 bits per heavy atom. The summed E-state index contributed by atoms with van der Waals surface area (Å²) in [7, 11) is 1.61. The zero-order chi connectivity index (χ0) is 25.8. The summed E-state index contributed by atoms with van der Waals surface area (Å²) in [6.07, 6.45) is 5.69. The van der Waals surface area contributed by atoms with Crippen LogP contribution in [0.5, 0.6) is 5.75 Å². The van der Waals surface area contributed by atoms with Gasteiger partial charge in [0.25, 0.3) is 11.5 Å². The summed E-state index contributed by atoms with van der Waals surface area (Å²) in [5.41, 5.74) is 2.19. The van der Waals surface area contributed by atoms with E-state index in [-0.39, 0.29) is 17.0 Å². The fraction of sp³-hybridized carbons (Fsp3) is 0.407. The Labute approximate surface area is 221 Å². The van der Waals surface area contributed by atoms with Gasteiger partial charge in [-0.2, -0.15) is 5.26 Å². The molecule has 0 atom stereocenters. The summed E-state index contributed by atoms with van der Waals surface area (Å²) in [6, 6.07) is 9.66. The van der Waals surface area contributed by atoms with Crippen molar-refractivity contribution in [3.05, 3.63) is 61.8 Å². The highest BCUT2D eigenvalue weighted by Crippen LogP contribution is 2.37. The number of thioether (sulfide) groups is 1. The Kier molecular flexibility index (Phi) is 8.17. The molecule has 2 fully saturated rings. The molecular weight excluding hydrogens is 492 g/mol. The van der Waals surface area contributed by atoms with Crippen LogP contribution in [0.1, 0.15) is 54.9 Å². The maximum atomic E-state index is 13.4. The largest absolute Gasteiger partial charge is 0.497 e. The van der Waals surface area contributed by atoms with E-state index in [0.29, 0.717) is 27.9 Å². The molecule has 0 saturated carbocycles. The topological polar surface area (TPSA) is 78.6 Å². The molecule has 0 aliphatic carbocycles. The Hall–Kier alpha value is -3.09. The second-order valence-electron chi connectivity index (χ2n) is 8.97. The molecule has 3 heterocycles. The number of ether oxygens (including phenoxy) is 1. The highest BCUT2D eigenvalue weighted by molar-refractivity contribution is 8.26. The lowest BCUT2D eigenvalue weighted by Crippen LogP contribution is -2.33. The van der Waals surface area contributed by atoms with Crippen molar-refractivity contribution >= 4 is 46.1 Å². The lowest BCUT2D eigenvalue weighted by Gasteiger charge is -2.27. The van der Waals surface area contributed by atoms with Crippen molar-refractivity contribution in [2.75, 3.05) is 25.1 Å². The number of pyridine rings is 1. The summed E-state index contributed by atoms with van der Waals surface area (Å²) in [6.45, 7) is 6.47. The molecule has 4 rings (SSSR count). The van der Waals surface area contributed by atoms with Crippen LogP contribution in [0.3, 0.4) is 0 Å². The Bertz CT molecular complexity index is 1300. The van der Waals surface area contributed by atoms with Gasteiger partial charge < -0.3 is 9.64 Å². The number of rotatable bonds is 8. The minimum absolute atomic E-state index is 0.133. The second-order valence-corrected chi connectivity index (χ2v) is 10.6. The number of carbonyl (C=O) groups excluding carboxylic acids is 1. The van der Waals surface area contributed by atoms with Crippen LogP contribution in [-0.4, -0.2) is 39.9 Å². The number of thiocarbonyl (C=S) groups is 1. The van der Waals surface area contributed by atoms with Crippen LogP contribution in [0.15, 0.2) is 34.0 Å². The molecule has 0 N–H and O–H groups in total. The summed E-state index contributed by atoms with van der Waals surface area (Å²) < 4.78 is 7.45. The maximum absolute atomic E-state index is 13.4. The molecule has 188 valence electrons. The molecule has 0 bridgehead atoms. The standard InChI is InChI=1S/C27H30N4O3S2/c1-4-5-14-30-24(29-12-6-7-13-29)21(18(2)22(16-28)25(30)32)15-23-26(33)31(27(35)36-23)17-19-8-10-20(34-3)11-9-19/h8-11,15H,4-7,12-14,17H2,1-3H3/b23-15-. The molecule has 0 radical (unpaired) electrons. The Morgan fingerprint density at radius 1 is 1.19 bits per heavy atom. The predicted octanol–water partition coefficient (Wildman–Crippen LogP) is 4.84. The maximum Gasteiger partial charge on any atom is 0.270 e. The van der Waals surface area contributed by atoms with Gasteiger partial charge in [-0.1, -0.05) is 49.5 Å². The minimum Gasteiger partial charge on any atom is -0.497 e. The molecule has 0 spiro atoms. The van der Waals surface area contributed by atoms with Crippen molar-refractivity contribution < 1.29 is 9.53 Å². The van der Waals surface area contributed by atoms with Gasteiger partial charge in [0.15, 0.2) is 0 Å². The summed E-state index contributed by atoms with van der Waals surface area (Å²) in [5.74, 6) is 1.39. The third kappa shape index (κ3) is 5.06. The van der Waals surface area contributed by atoms with E-state index in [1.54, 1.807) is 23.5 Å². The number of nitriles is 1. The molecule has 2 aliphatic heterocycles. The van der Waals surface area contributed by atoms with Crippen LogP contribution in [0.2, 0.25) is 0 Å². The molecule has 9 heteroatoms. The Morgan fingerprint density at radius 2 is 1.89 bits per heavy atom. The second kappa shape index (κ2) is 11.3. The van der Waals surface area contributed by atoms with Crippen molar-refractivity contribution in [1.82, 2.24) is 9.47 Å². The van der Waals surface area contributed by atoms with Crippen LogP contribution in [0, 0.1) is 18.3 Å². The number of hydrogen-bond donors (Lipinski definition) is 0. The van der Waals surface area contributed by atoms with Gasteiger partial charge in [-0.25, -0.2) is 0 Å². The first-order valence-electron chi connectivity index (χ1n) is 12.2. The molecule has 36 heavy (non-hydrogen) atoms. The van der Waals surface area contributed by atoms with Crippen LogP contribution >= 0.6 is 24.0 Å². The smallest absolute Gasteiger partial charge is 0.270 e. The molecule has 7 nitrogen and oxygen atoms in total. The van der Waals surface area contributed by atoms with Crippen LogP contribution in [0.4, 0.5) is 5.82 Å². The van der Waals surface area contributed by atoms with Crippen molar-refractivity contribution in [2.45, 2.75) is 52.6 Å². The number of carbonyl (C=O) groups is 1. The zero-order valence-electron chi connectivity index (χ0n) is 20.9. The van der Waals surface area contributed by atoms with E-state index in [1.165, 1.54) is 11.8 Å². The van der Waals surface area contributed by atoms with Gasteiger partial charge in [-0.3, -0.25) is 19.1 Å². The highest BCUT2D eigenvalue weighted by Gasteiger charge is 2.33. The fourth-order valence-electron chi connectivity index (χ4n) is 4.62. The molecule has 1 aromatic carbocycles. The van der Waals surface area contributed by atoms with E-state index >= 15 is 0 Å². The van der Waals surface area contributed by atoms with Crippen LogP contribution in [-0.2, 0) is 17.9 Å². The lowest BCUT2D eigenvalue weighted by molar-refractivity contribution is -0.122. The van der Waals surface area contributed by atoms with E-state index in [4.69, 9.17) is 17.0 Å². The van der Waals surface area contributed by atoms with Gasteiger partial charge in [0.05, 0.1) is 18.6 Å². The molecule has 2 saturated heterocycles. The van der Waals surface area contributed by atoms with E-state index < -0.39 is 0 Å². The quantitative estimate of drug-likeness (QED) is 0.363. The first-order valence-corrected chi connectivity index (χ1v) is 13.4. The predicted molar refractivity (Wildman–Crippen MR) is 148 cm³/mol. The number of methoxy groups -OCH3 is 1. The first kappa shape index (κ1) is 26.0. The van der Waals surface area contributed by atoms with Crippen molar-refractivity contribution in [3.63, 3.8) is 0 Å². The lowest BCUT2D eigenvalue weighted by atomic mass is 10.0. The summed E-state index contributed by atoms with van der Waals surface area (Å²) in [4.78, 5) is 31.1. The number of aromatic nitrogens is 1. The van der Waals surface area contributed by atoms with E-state index in [0.717, 1.165) is 61.5 Å². The molecular formula is C27H30N4O3S2. The zero-order valence-corrected chi connectivity index (χ0v) is 22.5. The molecule has 1 amide bonds. The van der Waals surface area contributed by atoms with Crippen LogP contribution in [0.25, 0.3) is 6.08 Å². The number of hydrogen-bond acceptors (Lipinski definition) is 7. The van der Waals surface area contributed by atoms with E-state index in [2.05, 4.69) is 17.9 Å². The highest BCUT2D eigenvalue weighted by atomic mass is 32.2. The minimum atomic E-state index is -0.255. The summed E-state index contributed by atoms with van der Waals surface area (Å²) in [5, 5.41) is 9.82.